The van der Waals surface area contributed by atoms with E-state index in [1.54, 1.807) is 24.7 Å². The number of nitrogens with zero attached hydrogens (tertiary/aromatic N) is 6. The van der Waals surface area contributed by atoms with E-state index in [0.29, 0.717) is 10.0 Å². The summed E-state index contributed by atoms with van der Waals surface area (Å²) in [7, 11) is 0. The largest absolute Gasteiger partial charge is 0.346 e. The van der Waals surface area contributed by atoms with Crippen LogP contribution in [-0.4, -0.2) is 39.9 Å². The summed E-state index contributed by atoms with van der Waals surface area (Å²) < 4.78 is 12.8. The lowest BCUT2D eigenvalue weighted by molar-refractivity contribution is 0.582. The van der Waals surface area contributed by atoms with Gasteiger partial charge < -0.3 is 9.97 Å². The van der Waals surface area contributed by atoms with Crippen LogP contribution in [0, 0.1) is 12.9 Å². The van der Waals surface area contributed by atoms with Gasteiger partial charge in [-0.3, -0.25) is 15.0 Å². The molecule has 8 aromatic rings. The molecule has 260 valence electrons. The zero-order valence-electron chi connectivity index (χ0n) is 28.5. The Labute approximate surface area is 310 Å². The Balaban J connectivity index is 0.000000162. The predicted octanol–water partition coefficient (Wildman–Crippen LogP) is 9.21. The number of pyridine rings is 6. The highest BCUT2D eigenvalue weighted by Gasteiger charge is 2.09. The van der Waals surface area contributed by atoms with Crippen LogP contribution < -0.4 is 0 Å². The molecule has 0 spiro atoms. The van der Waals surface area contributed by atoms with Crippen molar-refractivity contribution in [3.05, 3.63) is 177 Å². The fourth-order valence-electron chi connectivity index (χ4n) is 5.96. The van der Waals surface area contributed by atoms with E-state index in [9.17, 15) is 4.39 Å². The molecule has 0 aliphatic heterocycles. The van der Waals surface area contributed by atoms with Crippen LogP contribution in [0.15, 0.2) is 110 Å². The zero-order chi connectivity index (χ0) is 35.9. The lowest BCUT2D eigenvalue weighted by Gasteiger charge is -2.04. The summed E-state index contributed by atoms with van der Waals surface area (Å²) >= 11 is 12.1. The molecule has 0 fully saturated rings. The fraction of sp³-hybridized carbons (Fsp3) is 0.171. The van der Waals surface area contributed by atoms with E-state index in [1.165, 1.54) is 22.8 Å². The Kier molecular flexibility index (Phi) is 10.9. The zero-order valence-corrected chi connectivity index (χ0v) is 30.0. The molecule has 8 aromatic heterocycles. The van der Waals surface area contributed by atoms with Gasteiger partial charge in [-0.1, -0.05) is 47.5 Å². The van der Waals surface area contributed by atoms with Crippen LogP contribution in [0.25, 0.3) is 22.1 Å². The number of rotatable bonds is 10. The highest BCUT2D eigenvalue weighted by Crippen LogP contribution is 2.24. The second-order valence-electron chi connectivity index (χ2n) is 12.7. The number of hydrogen-bond acceptors (Lipinski definition) is 6. The standard InChI is InChI=1S/C21H19ClN4.C20H16ClFN4/c1-14-2-3-15(10-23-14)4-6-19-7-5-16(11-24-19)8-17-12-25-21-20(17)9-18(22)13-26-21;21-16-8-18-15(11-25-20(18)26-12-16)7-14-2-5-17(23-10-14)4-1-13-3-6-19(22)24-9-13/h2-3,5,7,9-13H,4,6,8H2,1H3,(H,25,26);2-3,5-6,8-12H,1,4,7H2,(H,25,26). The third-order valence-electron chi connectivity index (χ3n) is 8.83. The van der Waals surface area contributed by atoms with E-state index in [0.717, 1.165) is 94.4 Å². The SMILES string of the molecule is Cc1ccc(CCc2ccc(Cc3c[nH]c4ncc(Cl)cc34)cn2)cn1.Fc1ccc(CCc2ccc(Cc3c[nH]c4ncc(Cl)cc34)cn2)cn1. The predicted molar refractivity (Wildman–Crippen MR) is 204 cm³/mol. The fourth-order valence-corrected chi connectivity index (χ4v) is 6.27. The second-order valence-corrected chi connectivity index (χ2v) is 13.6. The maximum atomic E-state index is 12.8. The Morgan fingerprint density at radius 3 is 1.44 bits per heavy atom. The van der Waals surface area contributed by atoms with Gasteiger partial charge in [-0.25, -0.2) is 15.0 Å². The normalized spacial score (nSPS) is 11.2. The number of nitrogens with one attached hydrogen (secondary N) is 2. The second kappa shape index (κ2) is 16.2. The number of aryl methyl sites for hydroxylation is 5. The number of aromatic amines is 2. The van der Waals surface area contributed by atoms with E-state index in [2.05, 4.69) is 64.1 Å². The summed E-state index contributed by atoms with van der Waals surface area (Å²) in [6, 6.07) is 19.6. The van der Waals surface area contributed by atoms with Gasteiger partial charge in [0, 0.05) is 90.3 Å². The topological polar surface area (TPSA) is 109 Å². The Bertz CT molecular complexity index is 2220. The van der Waals surface area contributed by atoms with Crippen molar-refractivity contribution in [2.75, 3.05) is 0 Å². The van der Waals surface area contributed by atoms with Crippen molar-refractivity contribution in [1.29, 1.82) is 0 Å². The van der Waals surface area contributed by atoms with Gasteiger partial charge >= 0.3 is 0 Å². The minimum absolute atomic E-state index is 0.454. The van der Waals surface area contributed by atoms with E-state index < -0.39 is 5.95 Å². The summed E-state index contributed by atoms with van der Waals surface area (Å²) in [4.78, 5) is 32.1. The maximum absolute atomic E-state index is 12.8. The molecular weight excluding hydrogens is 694 g/mol. The van der Waals surface area contributed by atoms with Crippen LogP contribution in [0.2, 0.25) is 10.0 Å². The molecule has 8 rings (SSSR count). The third-order valence-corrected chi connectivity index (χ3v) is 9.24. The third kappa shape index (κ3) is 9.04. The molecule has 52 heavy (non-hydrogen) atoms. The molecule has 0 aromatic carbocycles. The van der Waals surface area contributed by atoms with Crippen LogP contribution in [0.3, 0.4) is 0 Å². The number of hydrogen-bond donors (Lipinski definition) is 2. The molecule has 0 aliphatic carbocycles. The first-order valence-corrected chi connectivity index (χ1v) is 17.7. The summed E-state index contributed by atoms with van der Waals surface area (Å²) in [6.07, 6.45) is 19.6. The molecule has 2 N–H and O–H groups in total. The number of aromatic nitrogens is 8. The first kappa shape index (κ1) is 34.9. The Morgan fingerprint density at radius 2 is 1.00 bits per heavy atom. The van der Waals surface area contributed by atoms with E-state index in [4.69, 9.17) is 23.2 Å². The number of halogens is 3. The molecule has 0 radical (unpaired) electrons. The summed E-state index contributed by atoms with van der Waals surface area (Å²) in [5, 5.41) is 3.37. The minimum atomic E-state index is -0.454. The van der Waals surface area contributed by atoms with Crippen LogP contribution in [-0.2, 0) is 38.5 Å². The number of fused-ring (bicyclic) bond motifs is 2. The average Bonchev–Trinajstić information content (AvgIpc) is 3.75. The molecule has 0 saturated carbocycles. The van der Waals surface area contributed by atoms with Crippen molar-refractivity contribution < 1.29 is 4.39 Å². The lowest BCUT2D eigenvalue weighted by Crippen LogP contribution is -1.97. The Hall–Kier alpha value is -5.51. The molecule has 11 heteroatoms. The van der Waals surface area contributed by atoms with Crippen molar-refractivity contribution in [1.82, 2.24) is 39.9 Å². The van der Waals surface area contributed by atoms with Crippen LogP contribution >= 0.6 is 23.2 Å². The molecule has 0 saturated heterocycles. The van der Waals surface area contributed by atoms with Crippen LogP contribution in [0.5, 0.6) is 0 Å². The average molecular weight is 730 g/mol. The first-order valence-electron chi connectivity index (χ1n) is 17.0. The van der Waals surface area contributed by atoms with Crippen molar-refractivity contribution in [3.8, 4) is 0 Å². The summed E-state index contributed by atoms with van der Waals surface area (Å²) in [5.74, 6) is -0.454. The van der Waals surface area contributed by atoms with Gasteiger partial charge in [0.05, 0.1) is 10.0 Å². The smallest absolute Gasteiger partial charge is 0.212 e. The van der Waals surface area contributed by atoms with E-state index >= 15 is 0 Å². The summed E-state index contributed by atoms with van der Waals surface area (Å²) in [6.45, 7) is 2.00. The molecule has 0 unspecified atom stereocenters. The van der Waals surface area contributed by atoms with Gasteiger partial charge in [0.2, 0.25) is 5.95 Å². The molecule has 0 amide bonds. The first-order chi connectivity index (χ1) is 25.3. The van der Waals surface area contributed by atoms with Crippen molar-refractivity contribution >= 4 is 45.3 Å². The molecule has 0 atom stereocenters. The molecule has 0 aliphatic rings. The van der Waals surface area contributed by atoms with Gasteiger partial charge in [0.1, 0.15) is 11.3 Å². The van der Waals surface area contributed by atoms with Crippen LogP contribution in [0.4, 0.5) is 4.39 Å². The summed E-state index contributed by atoms with van der Waals surface area (Å²) in [5.41, 5.74) is 11.7. The lowest BCUT2D eigenvalue weighted by atomic mass is 10.1. The molecular formula is C41H35Cl2FN8. The maximum Gasteiger partial charge on any atom is 0.212 e. The molecule has 8 heterocycles. The van der Waals surface area contributed by atoms with Crippen LogP contribution in [0.1, 0.15) is 50.5 Å². The van der Waals surface area contributed by atoms with E-state index in [1.807, 2.05) is 62.2 Å². The van der Waals surface area contributed by atoms with Gasteiger partial charge in [-0.2, -0.15) is 4.39 Å². The van der Waals surface area contributed by atoms with Gasteiger partial charge in [-0.05, 0) is 102 Å². The van der Waals surface area contributed by atoms with Crippen molar-refractivity contribution in [2.45, 2.75) is 45.4 Å². The molecule has 8 nitrogen and oxygen atoms in total. The number of H-pyrrole nitrogens is 2. The highest BCUT2D eigenvalue weighted by molar-refractivity contribution is 6.31. The van der Waals surface area contributed by atoms with Crippen molar-refractivity contribution in [2.24, 2.45) is 0 Å². The minimum Gasteiger partial charge on any atom is -0.346 e. The van der Waals surface area contributed by atoms with Gasteiger partial charge in [0.25, 0.3) is 0 Å². The van der Waals surface area contributed by atoms with Gasteiger partial charge in [-0.15, -0.1) is 0 Å². The van der Waals surface area contributed by atoms with E-state index in [-0.39, 0.29) is 0 Å². The molecule has 0 bridgehead atoms. The van der Waals surface area contributed by atoms with Gasteiger partial charge in [0.15, 0.2) is 0 Å². The van der Waals surface area contributed by atoms with Crippen molar-refractivity contribution in [3.63, 3.8) is 0 Å². The quantitative estimate of drug-likeness (QED) is 0.136. The Morgan fingerprint density at radius 1 is 0.519 bits per heavy atom. The monoisotopic (exact) mass is 728 g/mol. The highest BCUT2D eigenvalue weighted by atomic mass is 35.5.